The van der Waals surface area contributed by atoms with Crippen molar-refractivity contribution < 1.29 is 13.8 Å². The minimum atomic E-state index is 0.258. The van der Waals surface area contributed by atoms with Gasteiger partial charge in [0.25, 0.3) is 5.89 Å². The number of hydrogen-bond acceptors (Lipinski definition) is 6. The van der Waals surface area contributed by atoms with Crippen LogP contribution in [-0.4, -0.2) is 28.5 Å². The molecule has 0 N–H and O–H groups in total. The minimum Gasteiger partial charge on any atom is -0.381 e. The molecule has 1 atom stereocenters. The fourth-order valence-electron chi connectivity index (χ4n) is 2.89. The summed E-state index contributed by atoms with van der Waals surface area (Å²) in [6.07, 6.45) is 5.19. The lowest BCUT2D eigenvalue weighted by molar-refractivity contribution is 0.0784. The van der Waals surface area contributed by atoms with Gasteiger partial charge in [-0.3, -0.25) is 0 Å². The molecule has 1 unspecified atom stereocenters. The molecular weight excluding hydrogens is 270 g/mol. The van der Waals surface area contributed by atoms with Gasteiger partial charge in [-0.15, -0.1) is 0 Å². The van der Waals surface area contributed by atoms with Crippen LogP contribution in [0.15, 0.2) is 9.05 Å². The molecule has 112 valence electrons. The van der Waals surface area contributed by atoms with Crippen molar-refractivity contribution in [2.45, 2.75) is 50.9 Å². The molecule has 0 aromatic carbocycles. The Morgan fingerprint density at radius 1 is 1.10 bits per heavy atom. The highest BCUT2D eigenvalue weighted by atomic mass is 16.5. The number of rotatable bonds is 4. The van der Waals surface area contributed by atoms with Crippen LogP contribution in [-0.2, 0) is 11.2 Å². The largest absolute Gasteiger partial charge is 0.381 e. The number of hydrogen-bond donors (Lipinski definition) is 0. The molecule has 2 fully saturated rings. The molecule has 0 bridgehead atoms. The van der Waals surface area contributed by atoms with Crippen LogP contribution in [0.4, 0.5) is 0 Å². The van der Waals surface area contributed by atoms with Gasteiger partial charge in [-0.05, 0) is 25.7 Å². The van der Waals surface area contributed by atoms with Gasteiger partial charge in [0.1, 0.15) is 17.0 Å². The van der Waals surface area contributed by atoms with E-state index in [1.165, 1.54) is 0 Å². The maximum atomic E-state index is 5.58. The summed E-state index contributed by atoms with van der Waals surface area (Å²) in [5.74, 6) is 2.93. The lowest BCUT2D eigenvalue weighted by atomic mass is 9.94. The fraction of sp³-hybridized carbons (Fsp3) is 0.667. The SMILES string of the molecule is CCc1onc(C2CCCOC2)c1-c1nc(C2CC2)no1. The Bertz CT molecular complexity index is 624. The molecule has 4 rings (SSSR count). The first-order valence-corrected chi connectivity index (χ1v) is 7.77. The molecule has 2 aliphatic rings. The first kappa shape index (κ1) is 13.0. The molecule has 2 aromatic rings. The summed E-state index contributed by atoms with van der Waals surface area (Å²) in [5.41, 5.74) is 1.81. The van der Waals surface area contributed by atoms with Crippen molar-refractivity contribution in [3.63, 3.8) is 0 Å². The first-order valence-electron chi connectivity index (χ1n) is 7.77. The average molecular weight is 289 g/mol. The van der Waals surface area contributed by atoms with Crippen LogP contribution in [0.1, 0.15) is 61.7 Å². The molecular formula is C15H19N3O3. The highest BCUT2D eigenvalue weighted by Crippen LogP contribution is 2.40. The summed E-state index contributed by atoms with van der Waals surface area (Å²) in [6.45, 7) is 3.56. The predicted molar refractivity (Wildman–Crippen MR) is 73.9 cm³/mol. The predicted octanol–water partition coefficient (Wildman–Crippen LogP) is 3.06. The normalized spacial score (nSPS) is 22.6. The van der Waals surface area contributed by atoms with E-state index in [2.05, 4.69) is 15.3 Å². The topological polar surface area (TPSA) is 74.2 Å². The number of aromatic nitrogens is 3. The van der Waals surface area contributed by atoms with Gasteiger partial charge in [0.15, 0.2) is 5.82 Å². The third-order valence-corrected chi connectivity index (χ3v) is 4.26. The Labute approximate surface area is 122 Å². The van der Waals surface area contributed by atoms with Gasteiger partial charge in [-0.1, -0.05) is 17.2 Å². The second kappa shape index (κ2) is 5.26. The molecule has 6 nitrogen and oxygen atoms in total. The summed E-state index contributed by atoms with van der Waals surface area (Å²) in [4.78, 5) is 4.56. The van der Waals surface area contributed by atoms with E-state index in [4.69, 9.17) is 13.8 Å². The minimum absolute atomic E-state index is 0.258. The van der Waals surface area contributed by atoms with Crippen LogP contribution in [0.5, 0.6) is 0 Å². The second-order valence-corrected chi connectivity index (χ2v) is 5.87. The third kappa shape index (κ3) is 2.37. The van der Waals surface area contributed by atoms with Gasteiger partial charge in [-0.2, -0.15) is 4.98 Å². The van der Waals surface area contributed by atoms with Gasteiger partial charge >= 0.3 is 0 Å². The molecule has 1 saturated carbocycles. The zero-order valence-electron chi connectivity index (χ0n) is 12.2. The van der Waals surface area contributed by atoms with E-state index in [9.17, 15) is 0 Å². The van der Waals surface area contributed by atoms with Gasteiger partial charge < -0.3 is 13.8 Å². The lowest BCUT2D eigenvalue weighted by Crippen LogP contribution is -2.16. The van der Waals surface area contributed by atoms with E-state index in [1.54, 1.807) is 0 Å². The van der Waals surface area contributed by atoms with Crippen molar-refractivity contribution >= 4 is 0 Å². The summed E-state index contributed by atoms with van der Waals surface area (Å²) in [7, 11) is 0. The van der Waals surface area contributed by atoms with Gasteiger partial charge in [-0.25, -0.2) is 0 Å². The quantitative estimate of drug-likeness (QED) is 0.861. The van der Waals surface area contributed by atoms with Crippen LogP contribution in [0, 0.1) is 0 Å². The van der Waals surface area contributed by atoms with E-state index in [0.29, 0.717) is 18.4 Å². The Kier molecular flexibility index (Phi) is 3.25. The molecule has 1 aliphatic carbocycles. The average Bonchev–Trinajstić information content (AvgIpc) is 3.12. The van der Waals surface area contributed by atoms with Crippen LogP contribution in [0.2, 0.25) is 0 Å². The first-order chi connectivity index (χ1) is 10.4. The summed E-state index contributed by atoms with van der Waals surface area (Å²) in [5, 5.41) is 8.38. The summed E-state index contributed by atoms with van der Waals surface area (Å²) in [6, 6.07) is 0. The Morgan fingerprint density at radius 2 is 2.00 bits per heavy atom. The molecule has 0 radical (unpaired) electrons. The Morgan fingerprint density at radius 3 is 2.71 bits per heavy atom. The molecule has 0 spiro atoms. The highest BCUT2D eigenvalue weighted by molar-refractivity contribution is 5.60. The van der Waals surface area contributed by atoms with E-state index >= 15 is 0 Å². The maximum absolute atomic E-state index is 5.58. The van der Waals surface area contributed by atoms with Crippen LogP contribution in [0.25, 0.3) is 11.5 Å². The maximum Gasteiger partial charge on any atom is 0.263 e. The zero-order valence-corrected chi connectivity index (χ0v) is 12.2. The summed E-state index contributed by atoms with van der Waals surface area (Å²) >= 11 is 0. The summed E-state index contributed by atoms with van der Waals surface area (Å²) < 4.78 is 16.6. The van der Waals surface area contributed by atoms with Gasteiger partial charge in [0, 0.05) is 24.9 Å². The molecule has 3 heterocycles. The molecule has 2 aromatic heterocycles. The van der Waals surface area contributed by atoms with Crippen molar-refractivity contribution in [1.82, 2.24) is 15.3 Å². The Balaban J connectivity index is 1.72. The fourth-order valence-corrected chi connectivity index (χ4v) is 2.89. The number of ether oxygens (including phenoxy) is 1. The van der Waals surface area contributed by atoms with E-state index < -0.39 is 0 Å². The van der Waals surface area contributed by atoms with Crippen molar-refractivity contribution in [2.24, 2.45) is 0 Å². The van der Waals surface area contributed by atoms with Crippen molar-refractivity contribution in [3.05, 3.63) is 17.3 Å². The molecule has 1 aliphatic heterocycles. The molecule has 6 heteroatoms. The molecule has 0 amide bonds. The Hall–Kier alpha value is -1.69. The standard InChI is InChI=1S/C15H19N3O3/c1-2-11-12(15-16-14(18-21-15)9-5-6-9)13(17-20-11)10-4-3-7-19-8-10/h9-10H,2-8H2,1H3. The number of aryl methyl sites for hydroxylation is 1. The smallest absolute Gasteiger partial charge is 0.263 e. The van der Waals surface area contributed by atoms with E-state index in [1.807, 2.05) is 6.92 Å². The van der Waals surface area contributed by atoms with Crippen LogP contribution < -0.4 is 0 Å². The van der Waals surface area contributed by atoms with E-state index in [0.717, 1.165) is 61.6 Å². The van der Waals surface area contributed by atoms with Gasteiger partial charge in [0.05, 0.1) is 6.61 Å². The molecule has 1 saturated heterocycles. The van der Waals surface area contributed by atoms with Crippen LogP contribution in [0.3, 0.4) is 0 Å². The third-order valence-electron chi connectivity index (χ3n) is 4.26. The second-order valence-electron chi connectivity index (χ2n) is 5.87. The van der Waals surface area contributed by atoms with Crippen LogP contribution >= 0.6 is 0 Å². The van der Waals surface area contributed by atoms with Crippen molar-refractivity contribution in [3.8, 4) is 11.5 Å². The van der Waals surface area contributed by atoms with Crippen molar-refractivity contribution in [2.75, 3.05) is 13.2 Å². The number of nitrogens with zero attached hydrogens (tertiary/aromatic N) is 3. The van der Waals surface area contributed by atoms with E-state index in [-0.39, 0.29) is 5.92 Å². The van der Waals surface area contributed by atoms with Gasteiger partial charge in [0.2, 0.25) is 0 Å². The zero-order chi connectivity index (χ0) is 14.2. The highest BCUT2D eigenvalue weighted by Gasteiger charge is 2.32. The monoisotopic (exact) mass is 289 g/mol. The molecule has 21 heavy (non-hydrogen) atoms. The van der Waals surface area contributed by atoms with Crippen molar-refractivity contribution in [1.29, 1.82) is 0 Å². The lowest BCUT2D eigenvalue weighted by Gasteiger charge is -2.20.